The SMILES string of the molecule is CCc1ccc(C(O)Cc2ccc(F)cc2F)cc1CC. The van der Waals surface area contributed by atoms with Crippen molar-refractivity contribution in [2.45, 2.75) is 39.2 Å². The molecular weight excluding hydrogens is 270 g/mol. The molecule has 2 aromatic rings. The van der Waals surface area contributed by atoms with E-state index in [9.17, 15) is 13.9 Å². The van der Waals surface area contributed by atoms with Crippen molar-refractivity contribution in [2.24, 2.45) is 0 Å². The molecule has 0 aliphatic rings. The fraction of sp³-hybridized carbons (Fsp3) is 0.333. The van der Waals surface area contributed by atoms with E-state index in [0.717, 1.165) is 24.5 Å². The Kier molecular flexibility index (Phi) is 5.07. The normalized spacial score (nSPS) is 12.4. The van der Waals surface area contributed by atoms with Crippen LogP contribution in [0, 0.1) is 11.6 Å². The molecule has 2 rings (SSSR count). The quantitative estimate of drug-likeness (QED) is 0.867. The van der Waals surface area contributed by atoms with E-state index < -0.39 is 17.7 Å². The minimum Gasteiger partial charge on any atom is -0.388 e. The van der Waals surface area contributed by atoms with Crippen LogP contribution in [-0.4, -0.2) is 5.11 Å². The lowest BCUT2D eigenvalue weighted by Gasteiger charge is -2.15. The highest BCUT2D eigenvalue weighted by Gasteiger charge is 2.13. The van der Waals surface area contributed by atoms with Crippen molar-refractivity contribution in [1.29, 1.82) is 0 Å². The second kappa shape index (κ2) is 6.81. The van der Waals surface area contributed by atoms with Crippen molar-refractivity contribution in [3.63, 3.8) is 0 Å². The van der Waals surface area contributed by atoms with Gasteiger partial charge in [-0.3, -0.25) is 0 Å². The molecular formula is C18H20F2O. The van der Waals surface area contributed by atoms with Crippen LogP contribution in [0.2, 0.25) is 0 Å². The summed E-state index contributed by atoms with van der Waals surface area (Å²) < 4.78 is 26.5. The van der Waals surface area contributed by atoms with Crippen molar-refractivity contribution in [2.75, 3.05) is 0 Å². The third kappa shape index (κ3) is 3.67. The zero-order chi connectivity index (χ0) is 15.4. The molecule has 0 spiro atoms. The van der Waals surface area contributed by atoms with Gasteiger partial charge in [-0.15, -0.1) is 0 Å². The van der Waals surface area contributed by atoms with Crippen LogP contribution in [-0.2, 0) is 19.3 Å². The third-order valence-electron chi connectivity index (χ3n) is 3.81. The van der Waals surface area contributed by atoms with Crippen LogP contribution in [0.1, 0.15) is 42.2 Å². The first kappa shape index (κ1) is 15.6. The van der Waals surface area contributed by atoms with Crippen LogP contribution in [0.25, 0.3) is 0 Å². The molecule has 0 heterocycles. The van der Waals surface area contributed by atoms with Gasteiger partial charge >= 0.3 is 0 Å². The Hall–Kier alpha value is -1.74. The maximum absolute atomic E-state index is 13.6. The van der Waals surface area contributed by atoms with E-state index in [1.807, 2.05) is 18.2 Å². The number of aliphatic hydroxyl groups excluding tert-OH is 1. The monoisotopic (exact) mass is 290 g/mol. The molecule has 0 aromatic heterocycles. The minimum absolute atomic E-state index is 0.140. The molecule has 21 heavy (non-hydrogen) atoms. The van der Waals surface area contributed by atoms with Crippen LogP contribution >= 0.6 is 0 Å². The van der Waals surface area contributed by atoms with Crippen molar-refractivity contribution < 1.29 is 13.9 Å². The summed E-state index contributed by atoms with van der Waals surface area (Å²) in [7, 11) is 0. The molecule has 0 bridgehead atoms. The van der Waals surface area contributed by atoms with Gasteiger partial charge in [-0.25, -0.2) is 8.78 Å². The van der Waals surface area contributed by atoms with Crippen molar-refractivity contribution in [3.8, 4) is 0 Å². The highest BCUT2D eigenvalue weighted by atomic mass is 19.1. The van der Waals surface area contributed by atoms with Gasteiger partial charge in [0, 0.05) is 12.5 Å². The van der Waals surface area contributed by atoms with Crippen molar-refractivity contribution in [3.05, 3.63) is 70.3 Å². The maximum Gasteiger partial charge on any atom is 0.129 e. The van der Waals surface area contributed by atoms with E-state index in [1.54, 1.807) is 0 Å². The predicted octanol–water partition coefficient (Wildman–Crippen LogP) is 4.37. The average Bonchev–Trinajstić information content (AvgIpc) is 2.49. The first-order valence-corrected chi connectivity index (χ1v) is 7.28. The lowest BCUT2D eigenvalue weighted by atomic mass is 9.95. The molecule has 0 fully saturated rings. The molecule has 2 aromatic carbocycles. The number of rotatable bonds is 5. The minimum atomic E-state index is -0.791. The summed E-state index contributed by atoms with van der Waals surface area (Å²) in [6, 6.07) is 9.31. The summed E-state index contributed by atoms with van der Waals surface area (Å²) in [6.07, 6.45) is 1.20. The molecule has 112 valence electrons. The number of hydrogen-bond donors (Lipinski definition) is 1. The number of aryl methyl sites for hydroxylation is 2. The van der Waals surface area contributed by atoms with Crippen LogP contribution < -0.4 is 0 Å². The highest BCUT2D eigenvalue weighted by Crippen LogP contribution is 2.23. The Balaban J connectivity index is 2.21. The molecule has 1 atom stereocenters. The second-order valence-corrected chi connectivity index (χ2v) is 5.19. The highest BCUT2D eigenvalue weighted by molar-refractivity contribution is 5.34. The molecule has 0 aliphatic carbocycles. The van der Waals surface area contributed by atoms with E-state index in [2.05, 4.69) is 13.8 Å². The molecule has 1 nitrogen and oxygen atoms in total. The summed E-state index contributed by atoms with van der Waals surface area (Å²) in [4.78, 5) is 0. The van der Waals surface area contributed by atoms with Crippen molar-refractivity contribution in [1.82, 2.24) is 0 Å². The molecule has 0 amide bonds. The van der Waals surface area contributed by atoms with Gasteiger partial charge in [0.1, 0.15) is 11.6 Å². The first-order valence-electron chi connectivity index (χ1n) is 7.28. The topological polar surface area (TPSA) is 20.2 Å². The largest absolute Gasteiger partial charge is 0.388 e. The average molecular weight is 290 g/mol. The fourth-order valence-electron chi connectivity index (χ4n) is 2.54. The van der Waals surface area contributed by atoms with E-state index in [1.165, 1.54) is 23.3 Å². The lowest BCUT2D eigenvalue weighted by molar-refractivity contribution is 0.177. The standard InChI is InChI=1S/C18H20F2O/c1-3-12-5-6-15(9-13(12)4-2)18(21)10-14-7-8-16(19)11-17(14)20/h5-9,11,18,21H,3-4,10H2,1-2H3. The van der Waals surface area contributed by atoms with E-state index in [0.29, 0.717) is 5.56 Å². The van der Waals surface area contributed by atoms with Crippen LogP contribution in [0.4, 0.5) is 8.78 Å². The van der Waals surface area contributed by atoms with E-state index >= 15 is 0 Å². The van der Waals surface area contributed by atoms with Gasteiger partial charge in [-0.2, -0.15) is 0 Å². The van der Waals surface area contributed by atoms with Crippen LogP contribution in [0.3, 0.4) is 0 Å². The summed E-state index contributed by atoms with van der Waals surface area (Å²) >= 11 is 0. The summed E-state index contributed by atoms with van der Waals surface area (Å²) in [5.41, 5.74) is 3.56. The Bertz CT molecular complexity index is 623. The van der Waals surface area contributed by atoms with Gasteiger partial charge in [-0.05, 0) is 41.2 Å². The zero-order valence-corrected chi connectivity index (χ0v) is 12.4. The number of hydrogen-bond acceptors (Lipinski definition) is 1. The Labute approximate surface area is 124 Å². The summed E-state index contributed by atoms with van der Waals surface area (Å²) in [5.74, 6) is -1.22. The second-order valence-electron chi connectivity index (χ2n) is 5.19. The summed E-state index contributed by atoms with van der Waals surface area (Å²) in [5, 5.41) is 10.3. The Morgan fingerprint density at radius 1 is 0.905 bits per heavy atom. The third-order valence-corrected chi connectivity index (χ3v) is 3.81. The lowest BCUT2D eigenvalue weighted by Crippen LogP contribution is -2.05. The molecule has 0 radical (unpaired) electrons. The molecule has 0 saturated carbocycles. The van der Waals surface area contributed by atoms with Gasteiger partial charge in [0.15, 0.2) is 0 Å². The Morgan fingerprint density at radius 3 is 2.19 bits per heavy atom. The van der Waals surface area contributed by atoms with E-state index in [-0.39, 0.29) is 6.42 Å². The smallest absolute Gasteiger partial charge is 0.129 e. The van der Waals surface area contributed by atoms with E-state index in [4.69, 9.17) is 0 Å². The maximum atomic E-state index is 13.6. The van der Waals surface area contributed by atoms with Gasteiger partial charge < -0.3 is 5.11 Å². The number of aliphatic hydroxyl groups is 1. The fourth-order valence-corrected chi connectivity index (χ4v) is 2.54. The molecule has 1 unspecified atom stereocenters. The predicted molar refractivity (Wildman–Crippen MR) is 80.2 cm³/mol. The van der Waals surface area contributed by atoms with Gasteiger partial charge in [0.05, 0.1) is 6.10 Å². The molecule has 0 saturated heterocycles. The van der Waals surface area contributed by atoms with Gasteiger partial charge in [0.2, 0.25) is 0 Å². The zero-order valence-electron chi connectivity index (χ0n) is 12.4. The molecule has 1 N–H and O–H groups in total. The molecule has 0 aliphatic heterocycles. The Morgan fingerprint density at radius 2 is 1.57 bits per heavy atom. The summed E-state index contributed by atoms with van der Waals surface area (Å²) in [6.45, 7) is 4.17. The molecule has 3 heteroatoms. The number of halogens is 2. The van der Waals surface area contributed by atoms with Crippen molar-refractivity contribution >= 4 is 0 Å². The first-order chi connectivity index (χ1) is 10.0. The van der Waals surface area contributed by atoms with Crippen LogP contribution in [0.15, 0.2) is 36.4 Å². The number of benzene rings is 2. The van der Waals surface area contributed by atoms with Gasteiger partial charge in [0.25, 0.3) is 0 Å². The van der Waals surface area contributed by atoms with Gasteiger partial charge in [-0.1, -0.05) is 38.1 Å². The van der Waals surface area contributed by atoms with Crippen LogP contribution in [0.5, 0.6) is 0 Å².